The molecule has 1 aromatic rings. The van der Waals surface area contributed by atoms with Gasteiger partial charge < -0.3 is 15.7 Å². The van der Waals surface area contributed by atoms with Gasteiger partial charge in [-0.2, -0.15) is 0 Å². The Bertz CT molecular complexity index is 406. The van der Waals surface area contributed by atoms with Crippen LogP contribution in [0.5, 0.6) is 0 Å². The van der Waals surface area contributed by atoms with E-state index in [1.54, 1.807) is 0 Å². The van der Waals surface area contributed by atoms with Gasteiger partial charge in [-0.1, -0.05) is 0 Å². The third-order valence-corrected chi connectivity index (χ3v) is 3.54. The number of nitrogens with two attached hydrogens (primary N) is 1. The molecular formula is C13H21N3O. The lowest BCUT2D eigenvalue weighted by molar-refractivity contribution is 0.266. The van der Waals surface area contributed by atoms with Crippen LogP contribution in [-0.2, 0) is 6.54 Å². The number of aliphatic hydroxyl groups is 1. The first-order chi connectivity index (χ1) is 8.17. The molecule has 0 aromatic carbocycles. The summed E-state index contributed by atoms with van der Waals surface area (Å²) >= 11 is 0. The van der Waals surface area contributed by atoms with E-state index in [4.69, 9.17) is 5.73 Å². The molecule has 4 nitrogen and oxygen atoms in total. The number of aliphatic hydroxyl groups excluding tert-OH is 1. The summed E-state index contributed by atoms with van der Waals surface area (Å²) in [4.78, 5) is 6.74. The largest absolute Gasteiger partial charge is 0.394 e. The van der Waals surface area contributed by atoms with Crippen molar-refractivity contribution in [3.8, 4) is 0 Å². The van der Waals surface area contributed by atoms with Gasteiger partial charge in [0, 0.05) is 35.7 Å². The maximum absolute atomic E-state index is 9.41. The Balaban J connectivity index is 2.42. The smallest absolute Gasteiger partial charge is 0.0635 e. The number of anilines is 1. The third-order valence-electron chi connectivity index (χ3n) is 3.54. The van der Waals surface area contributed by atoms with Crippen LogP contribution in [0.3, 0.4) is 0 Å². The summed E-state index contributed by atoms with van der Waals surface area (Å²) in [6.07, 6.45) is 2.19. The summed E-state index contributed by atoms with van der Waals surface area (Å²) in [5.41, 5.74) is 10.1. The van der Waals surface area contributed by atoms with Gasteiger partial charge in [0.2, 0.25) is 0 Å². The van der Waals surface area contributed by atoms with Gasteiger partial charge in [0.05, 0.1) is 12.6 Å². The van der Waals surface area contributed by atoms with Crippen LogP contribution in [0.25, 0.3) is 0 Å². The van der Waals surface area contributed by atoms with Crippen molar-refractivity contribution in [1.82, 2.24) is 4.98 Å². The normalized spacial score (nSPS) is 20.0. The van der Waals surface area contributed by atoms with E-state index >= 15 is 0 Å². The van der Waals surface area contributed by atoms with Gasteiger partial charge in [0.15, 0.2) is 0 Å². The molecule has 2 rings (SSSR count). The average Bonchev–Trinajstić information content (AvgIpc) is 2.75. The van der Waals surface area contributed by atoms with Gasteiger partial charge in [-0.05, 0) is 32.8 Å². The summed E-state index contributed by atoms with van der Waals surface area (Å²) in [5, 5.41) is 9.41. The molecule has 1 saturated heterocycles. The first-order valence-electron chi connectivity index (χ1n) is 6.22. The Kier molecular flexibility index (Phi) is 3.64. The highest BCUT2D eigenvalue weighted by atomic mass is 16.3. The van der Waals surface area contributed by atoms with E-state index in [1.807, 2.05) is 13.8 Å². The van der Waals surface area contributed by atoms with Gasteiger partial charge in [0.25, 0.3) is 0 Å². The molecule has 3 N–H and O–H groups in total. The maximum Gasteiger partial charge on any atom is 0.0635 e. The monoisotopic (exact) mass is 235 g/mol. The van der Waals surface area contributed by atoms with Crippen LogP contribution in [-0.4, -0.2) is 29.3 Å². The van der Waals surface area contributed by atoms with Crippen molar-refractivity contribution in [3.05, 3.63) is 23.0 Å². The van der Waals surface area contributed by atoms with Crippen molar-refractivity contribution in [2.45, 2.75) is 39.3 Å². The summed E-state index contributed by atoms with van der Waals surface area (Å²) in [7, 11) is 0. The van der Waals surface area contributed by atoms with E-state index in [2.05, 4.69) is 16.0 Å². The lowest BCUT2D eigenvalue weighted by Gasteiger charge is -2.28. The van der Waals surface area contributed by atoms with Gasteiger partial charge >= 0.3 is 0 Å². The molecule has 1 aliphatic heterocycles. The lowest BCUT2D eigenvalue weighted by Crippen LogP contribution is -2.33. The molecule has 0 saturated carbocycles. The number of hydrogen-bond acceptors (Lipinski definition) is 4. The second-order valence-corrected chi connectivity index (χ2v) is 4.72. The number of hydrogen-bond donors (Lipinski definition) is 2. The van der Waals surface area contributed by atoms with Crippen LogP contribution in [0.1, 0.15) is 29.8 Å². The summed E-state index contributed by atoms with van der Waals surface area (Å²) in [6.45, 7) is 5.72. The van der Waals surface area contributed by atoms with Gasteiger partial charge in [-0.15, -0.1) is 0 Å². The number of aryl methyl sites for hydroxylation is 2. The first-order valence-corrected chi connectivity index (χ1v) is 6.22. The summed E-state index contributed by atoms with van der Waals surface area (Å²) in [6, 6.07) is 2.32. The predicted molar refractivity (Wildman–Crippen MR) is 69.1 cm³/mol. The first kappa shape index (κ1) is 12.3. The molecule has 0 radical (unpaired) electrons. The van der Waals surface area contributed by atoms with Crippen LogP contribution in [0.4, 0.5) is 5.69 Å². The van der Waals surface area contributed by atoms with Crippen LogP contribution in [0, 0.1) is 13.8 Å². The summed E-state index contributed by atoms with van der Waals surface area (Å²) < 4.78 is 0. The van der Waals surface area contributed by atoms with E-state index < -0.39 is 0 Å². The van der Waals surface area contributed by atoms with Crippen LogP contribution in [0.2, 0.25) is 0 Å². The third kappa shape index (κ3) is 2.28. The highest BCUT2D eigenvalue weighted by Gasteiger charge is 2.26. The summed E-state index contributed by atoms with van der Waals surface area (Å²) in [5.74, 6) is 0. The molecule has 94 valence electrons. The quantitative estimate of drug-likeness (QED) is 0.824. The predicted octanol–water partition coefficient (Wildman–Crippen LogP) is 1.12. The van der Waals surface area contributed by atoms with Crippen molar-refractivity contribution in [2.24, 2.45) is 5.73 Å². The second kappa shape index (κ2) is 5.02. The molecular weight excluding hydrogens is 214 g/mol. The Labute approximate surface area is 102 Å². The second-order valence-electron chi connectivity index (χ2n) is 4.72. The zero-order valence-electron chi connectivity index (χ0n) is 10.6. The molecule has 1 unspecified atom stereocenters. The van der Waals surface area contributed by atoms with Crippen LogP contribution < -0.4 is 10.6 Å². The molecule has 17 heavy (non-hydrogen) atoms. The molecule has 1 aliphatic rings. The topological polar surface area (TPSA) is 62.4 Å². The van der Waals surface area contributed by atoms with E-state index in [1.165, 1.54) is 0 Å². The molecule has 4 heteroatoms. The fourth-order valence-electron chi connectivity index (χ4n) is 2.69. The zero-order chi connectivity index (χ0) is 12.4. The minimum absolute atomic E-state index is 0.213. The molecule has 1 fully saturated rings. The Morgan fingerprint density at radius 2 is 2.29 bits per heavy atom. The maximum atomic E-state index is 9.41. The fraction of sp³-hybridized carbons (Fsp3) is 0.615. The van der Waals surface area contributed by atoms with Gasteiger partial charge in [-0.3, -0.25) is 4.98 Å². The van der Waals surface area contributed by atoms with Crippen LogP contribution >= 0.6 is 0 Å². The van der Waals surface area contributed by atoms with Crippen molar-refractivity contribution in [2.75, 3.05) is 18.1 Å². The molecule has 0 aliphatic carbocycles. The molecule has 0 spiro atoms. The Hall–Kier alpha value is -1.13. The van der Waals surface area contributed by atoms with E-state index in [0.29, 0.717) is 6.54 Å². The highest BCUT2D eigenvalue weighted by molar-refractivity contribution is 5.57. The number of nitrogens with zero attached hydrogens (tertiary/aromatic N) is 2. The molecule has 1 atom stereocenters. The van der Waals surface area contributed by atoms with Gasteiger partial charge in [-0.25, -0.2) is 0 Å². The molecule has 2 heterocycles. The van der Waals surface area contributed by atoms with Crippen molar-refractivity contribution in [3.63, 3.8) is 0 Å². The fourth-order valence-corrected chi connectivity index (χ4v) is 2.69. The SMILES string of the molecule is Cc1cc(N2CCCC2CO)c(CN)c(C)n1. The zero-order valence-corrected chi connectivity index (χ0v) is 10.6. The van der Waals surface area contributed by atoms with Crippen molar-refractivity contribution >= 4 is 5.69 Å². The Morgan fingerprint density at radius 1 is 1.53 bits per heavy atom. The van der Waals surface area contributed by atoms with Crippen LogP contribution in [0.15, 0.2) is 6.07 Å². The van der Waals surface area contributed by atoms with Crippen molar-refractivity contribution in [1.29, 1.82) is 0 Å². The number of rotatable bonds is 3. The Morgan fingerprint density at radius 3 is 2.94 bits per heavy atom. The minimum atomic E-state index is 0.213. The number of aromatic nitrogens is 1. The van der Waals surface area contributed by atoms with E-state index in [-0.39, 0.29) is 12.6 Å². The lowest BCUT2D eigenvalue weighted by atomic mass is 10.1. The van der Waals surface area contributed by atoms with Gasteiger partial charge in [0.1, 0.15) is 0 Å². The molecule has 0 amide bonds. The molecule has 1 aromatic heterocycles. The van der Waals surface area contributed by atoms with Crippen molar-refractivity contribution < 1.29 is 5.11 Å². The number of pyridine rings is 1. The average molecular weight is 235 g/mol. The van der Waals surface area contributed by atoms with E-state index in [0.717, 1.165) is 42.0 Å². The minimum Gasteiger partial charge on any atom is -0.394 e. The molecule has 0 bridgehead atoms. The van der Waals surface area contributed by atoms with E-state index in [9.17, 15) is 5.11 Å². The highest BCUT2D eigenvalue weighted by Crippen LogP contribution is 2.30. The standard InChI is InChI=1S/C13H21N3O/c1-9-6-13(12(7-14)10(2)15-9)16-5-3-4-11(16)8-17/h6,11,17H,3-5,7-8,14H2,1-2H3.